The molecule has 1 rings (SSSR count). The number of nitrogens with two attached hydrogens (primary N) is 1. The standard InChI is InChI=1S/C11H15N5O3S/c1-3-10(14-11(12)17)20(18,19)8-5-4-7(2)9(6-8)15-16-13/h4-6,10H,3H2,1-2H3,(H3,12,14,17). The molecule has 1 atom stereocenters. The first-order chi connectivity index (χ1) is 9.32. The maximum Gasteiger partial charge on any atom is 0.313 e. The van der Waals surface area contributed by atoms with E-state index in [0.29, 0.717) is 5.56 Å². The van der Waals surface area contributed by atoms with Gasteiger partial charge in [0.25, 0.3) is 0 Å². The fourth-order valence-electron chi connectivity index (χ4n) is 1.64. The first-order valence-corrected chi connectivity index (χ1v) is 7.33. The zero-order valence-electron chi connectivity index (χ0n) is 11.1. The Morgan fingerprint density at radius 2 is 2.20 bits per heavy atom. The van der Waals surface area contributed by atoms with Crippen molar-refractivity contribution in [2.24, 2.45) is 10.8 Å². The molecule has 0 heterocycles. The van der Waals surface area contributed by atoms with Crippen LogP contribution in [0.5, 0.6) is 0 Å². The van der Waals surface area contributed by atoms with Gasteiger partial charge >= 0.3 is 6.03 Å². The fraction of sp³-hybridized carbons (Fsp3) is 0.364. The summed E-state index contributed by atoms with van der Waals surface area (Å²) in [6.07, 6.45) is 0.163. The summed E-state index contributed by atoms with van der Waals surface area (Å²) in [5, 5.41) is 4.49. The zero-order valence-corrected chi connectivity index (χ0v) is 11.9. The van der Waals surface area contributed by atoms with E-state index >= 15 is 0 Å². The topological polar surface area (TPSA) is 138 Å². The number of primary amides is 1. The Labute approximate surface area is 116 Å². The molecule has 9 heteroatoms. The predicted molar refractivity (Wildman–Crippen MR) is 74.0 cm³/mol. The summed E-state index contributed by atoms with van der Waals surface area (Å²) in [6, 6.07) is 3.29. The molecular formula is C11H15N5O3S. The summed E-state index contributed by atoms with van der Waals surface area (Å²) >= 11 is 0. The van der Waals surface area contributed by atoms with E-state index in [-0.39, 0.29) is 17.0 Å². The number of sulfone groups is 1. The first kappa shape index (κ1) is 15.8. The van der Waals surface area contributed by atoms with Crippen molar-refractivity contribution in [3.05, 3.63) is 34.2 Å². The minimum absolute atomic E-state index is 0.0360. The minimum atomic E-state index is -3.80. The summed E-state index contributed by atoms with van der Waals surface area (Å²) in [6.45, 7) is 3.31. The van der Waals surface area contributed by atoms with Crippen LogP contribution in [0.25, 0.3) is 10.4 Å². The van der Waals surface area contributed by atoms with Gasteiger partial charge in [-0.1, -0.05) is 18.1 Å². The summed E-state index contributed by atoms with van der Waals surface area (Å²) in [5.74, 6) is 0. The second-order valence-corrected chi connectivity index (χ2v) is 6.22. The summed E-state index contributed by atoms with van der Waals surface area (Å²) in [5.41, 5.74) is 14.3. The number of benzene rings is 1. The molecule has 0 saturated carbocycles. The molecule has 1 unspecified atom stereocenters. The lowest BCUT2D eigenvalue weighted by atomic mass is 10.2. The van der Waals surface area contributed by atoms with E-state index in [0.717, 1.165) is 0 Å². The Kier molecular flexibility index (Phi) is 4.95. The normalized spacial score (nSPS) is 12.3. The molecule has 0 fully saturated rings. The Balaban J connectivity index is 3.30. The predicted octanol–water partition coefficient (Wildman–Crippen LogP) is 2.11. The monoisotopic (exact) mass is 297 g/mol. The lowest BCUT2D eigenvalue weighted by molar-refractivity contribution is 0.247. The second-order valence-electron chi connectivity index (χ2n) is 4.09. The van der Waals surface area contributed by atoms with E-state index in [9.17, 15) is 13.2 Å². The van der Waals surface area contributed by atoms with Gasteiger partial charge in [0.2, 0.25) is 0 Å². The van der Waals surface area contributed by atoms with E-state index in [1.807, 2.05) is 0 Å². The van der Waals surface area contributed by atoms with Gasteiger partial charge in [0.1, 0.15) is 5.37 Å². The summed E-state index contributed by atoms with van der Waals surface area (Å²) in [4.78, 5) is 13.5. The van der Waals surface area contributed by atoms with Crippen LogP contribution < -0.4 is 11.1 Å². The van der Waals surface area contributed by atoms with Crippen molar-refractivity contribution in [1.82, 2.24) is 5.32 Å². The van der Waals surface area contributed by atoms with Crippen LogP contribution in [0.3, 0.4) is 0 Å². The molecule has 0 spiro atoms. The molecule has 3 N–H and O–H groups in total. The van der Waals surface area contributed by atoms with Crippen molar-refractivity contribution in [2.75, 3.05) is 0 Å². The fourth-order valence-corrected chi connectivity index (χ4v) is 3.22. The lowest BCUT2D eigenvalue weighted by Crippen LogP contribution is -2.43. The number of nitrogens with zero attached hydrogens (tertiary/aromatic N) is 3. The number of rotatable bonds is 5. The Bertz CT molecular complexity index is 665. The number of carbonyl (C=O) groups is 1. The molecule has 0 aliphatic carbocycles. The molecule has 0 aliphatic rings. The maximum absolute atomic E-state index is 12.4. The van der Waals surface area contributed by atoms with Crippen molar-refractivity contribution in [3.63, 3.8) is 0 Å². The average Bonchev–Trinajstić information content (AvgIpc) is 2.38. The van der Waals surface area contributed by atoms with Crippen molar-refractivity contribution in [2.45, 2.75) is 30.5 Å². The van der Waals surface area contributed by atoms with Gasteiger partial charge in [-0.2, -0.15) is 0 Å². The number of amides is 2. The smallest absolute Gasteiger partial charge is 0.313 e. The molecule has 1 aromatic carbocycles. The third kappa shape index (κ3) is 3.40. The number of nitrogens with one attached hydrogen (secondary N) is 1. The van der Waals surface area contributed by atoms with Crippen LogP contribution in [-0.4, -0.2) is 19.8 Å². The highest BCUT2D eigenvalue weighted by atomic mass is 32.2. The highest BCUT2D eigenvalue weighted by Gasteiger charge is 2.27. The SMILES string of the molecule is CCC(NC(N)=O)S(=O)(=O)c1ccc(C)c(N=[N+]=[N-])c1. The van der Waals surface area contributed by atoms with Gasteiger partial charge in [0, 0.05) is 10.6 Å². The molecule has 0 radical (unpaired) electrons. The third-order valence-corrected chi connectivity index (χ3v) is 4.82. The minimum Gasteiger partial charge on any atom is -0.352 e. The molecule has 20 heavy (non-hydrogen) atoms. The van der Waals surface area contributed by atoms with E-state index in [4.69, 9.17) is 11.3 Å². The molecular weight excluding hydrogens is 282 g/mol. The van der Waals surface area contributed by atoms with Gasteiger partial charge in [-0.15, -0.1) is 0 Å². The van der Waals surface area contributed by atoms with E-state index in [1.54, 1.807) is 13.8 Å². The highest BCUT2D eigenvalue weighted by molar-refractivity contribution is 7.92. The van der Waals surface area contributed by atoms with Gasteiger partial charge in [0.15, 0.2) is 9.84 Å². The molecule has 1 aromatic rings. The Morgan fingerprint density at radius 3 is 2.70 bits per heavy atom. The van der Waals surface area contributed by atoms with Crippen LogP contribution in [0, 0.1) is 6.92 Å². The average molecular weight is 297 g/mol. The molecule has 2 amide bonds. The number of aryl methyl sites for hydroxylation is 1. The Hall–Kier alpha value is -2.25. The molecule has 0 bridgehead atoms. The van der Waals surface area contributed by atoms with Crippen molar-refractivity contribution in [3.8, 4) is 0 Å². The van der Waals surface area contributed by atoms with Crippen molar-refractivity contribution >= 4 is 21.6 Å². The second kappa shape index (κ2) is 6.27. The lowest BCUT2D eigenvalue weighted by Gasteiger charge is -2.17. The number of urea groups is 1. The number of azide groups is 1. The maximum atomic E-state index is 12.4. The number of carbonyl (C=O) groups excluding carboxylic acids is 1. The van der Waals surface area contributed by atoms with Crippen molar-refractivity contribution in [1.29, 1.82) is 0 Å². The van der Waals surface area contributed by atoms with Crippen LogP contribution in [0.15, 0.2) is 28.2 Å². The van der Waals surface area contributed by atoms with Crippen LogP contribution in [-0.2, 0) is 9.84 Å². The van der Waals surface area contributed by atoms with Crippen LogP contribution in [0.1, 0.15) is 18.9 Å². The first-order valence-electron chi connectivity index (χ1n) is 5.78. The quantitative estimate of drug-likeness (QED) is 0.488. The van der Waals surface area contributed by atoms with Gasteiger partial charge in [-0.25, -0.2) is 13.2 Å². The van der Waals surface area contributed by atoms with Gasteiger partial charge in [-0.3, -0.25) is 0 Å². The Morgan fingerprint density at radius 1 is 1.55 bits per heavy atom. The molecule has 108 valence electrons. The molecule has 0 aliphatic heterocycles. The number of hydrogen-bond acceptors (Lipinski definition) is 4. The van der Waals surface area contributed by atoms with Crippen LogP contribution in [0.2, 0.25) is 0 Å². The van der Waals surface area contributed by atoms with E-state index in [1.165, 1.54) is 18.2 Å². The molecule has 0 saturated heterocycles. The molecule has 0 aromatic heterocycles. The highest BCUT2D eigenvalue weighted by Crippen LogP contribution is 2.25. The zero-order chi connectivity index (χ0) is 15.3. The number of hydrogen-bond donors (Lipinski definition) is 2. The third-order valence-electron chi connectivity index (χ3n) is 2.71. The van der Waals surface area contributed by atoms with Gasteiger partial charge in [0.05, 0.1) is 4.90 Å². The van der Waals surface area contributed by atoms with Gasteiger partial charge in [-0.05, 0) is 36.6 Å². The van der Waals surface area contributed by atoms with Gasteiger partial charge < -0.3 is 11.1 Å². The molecule has 8 nitrogen and oxygen atoms in total. The largest absolute Gasteiger partial charge is 0.352 e. The van der Waals surface area contributed by atoms with E-state index < -0.39 is 21.2 Å². The summed E-state index contributed by atoms with van der Waals surface area (Å²) in [7, 11) is -3.80. The van der Waals surface area contributed by atoms with Crippen LogP contribution >= 0.6 is 0 Å². The van der Waals surface area contributed by atoms with Crippen LogP contribution in [0.4, 0.5) is 10.5 Å². The summed E-state index contributed by atoms with van der Waals surface area (Å²) < 4.78 is 24.7. The van der Waals surface area contributed by atoms with Crippen molar-refractivity contribution < 1.29 is 13.2 Å². The van der Waals surface area contributed by atoms with E-state index in [2.05, 4.69) is 15.3 Å².